The lowest BCUT2D eigenvalue weighted by molar-refractivity contribution is -0.121. The molecule has 1 aliphatic carbocycles. The maximum atomic E-state index is 12.1. The number of hydrogen-bond donors (Lipinski definition) is 3. The van der Waals surface area contributed by atoms with Crippen molar-refractivity contribution < 1.29 is 14.3 Å². The van der Waals surface area contributed by atoms with Crippen molar-refractivity contribution in [3.63, 3.8) is 0 Å². The highest BCUT2D eigenvalue weighted by atomic mass is 16.5. The molecule has 0 spiro atoms. The number of carbonyl (C=O) groups is 1. The fourth-order valence-electron chi connectivity index (χ4n) is 3.24. The van der Waals surface area contributed by atoms with E-state index in [0.29, 0.717) is 31.5 Å². The summed E-state index contributed by atoms with van der Waals surface area (Å²) in [6.45, 7) is 1.10. The van der Waals surface area contributed by atoms with E-state index in [2.05, 4.69) is 20.9 Å². The number of guanidine groups is 1. The van der Waals surface area contributed by atoms with Crippen LogP contribution in [0.15, 0.2) is 23.2 Å². The Morgan fingerprint density at radius 1 is 1.15 bits per heavy atom. The van der Waals surface area contributed by atoms with Gasteiger partial charge >= 0.3 is 0 Å². The summed E-state index contributed by atoms with van der Waals surface area (Å²) in [7, 11) is 4.97. The van der Waals surface area contributed by atoms with Gasteiger partial charge in [-0.3, -0.25) is 9.79 Å². The number of carbonyl (C=O) groups excluding carboxylic acids is 1. The van der Waals surface area contributed by atoms with Crippen LogP contribution in [0, 0.1) is 0 Å². The summed E-state index contributed by atoms with van der Waals surface area (Å²) in [5.41, 5.74) is 0.997. The molecule has 7 heteroatoms. The highest BCUT2D eigenvalue weighted by molar-refractivity contribution is 5.81. The van der Waals surface area contributed by atoms with Crippen LogP contribution in [-0.2, 0) is 11.3 Å². The number of benzene rings is 1. The molecule has 0 heterocycles. The van der Waals surface area contributed by atoms with Crippen molar-refractivity contribution >= 4 is 11.9 Å². The molecule has 1 saturated carbocycles. The molecular weight excluding hydrogens is 344 g/mol. The molecule has 0 aliphatic heterocycles. The first kappa shape index (κ1) is 20.9. The van der Waals surface area contributed by atoms with Crippen molar-refractivity contribution in [2.75, 3.05) is 27.8 Å². The van der Waals surface area contributed by atoms with Gasteiger partial charge in [0.25, 0.3) is 0 Å². The van der Waals surface area contributed by atoms with Crippen molar-refractivity contribution in [2.24, 2.45) is 4.99 Å². The minimum atomic E-state index is 0.0988. The zero-order valence-corrected chi connectivity index (χ0v) is 16.6. The van der Waals surface area contributed by atoms with Gasteiger partial charge < -0.3 is 25.4 Å². The second kappa shape index (κ2) is 11.3. The predicted molar refractivity (Wildman–Crippen MR) is 107 cm³/mol. The number of nitrogens with zero attached hydrogens (tertiary/aromatic N) is 1. The second-order valence-electron chi connectivity index (χ2n) is 6.68. The first-order valence-corrected chi connectivity index (χ1v) is 9.61. The number of hydrogen-bond acceptors (Lipinski definition) is 4. The molecule has 1 aliphatic rings. The summed E-state index contributed by atoms with van der Waals surface area (Å²) in [6, 6.07) is 6.05. The summed E-state index contributed by atoms with van der Waals surface area (Å²) >= 11 is 0. The molecule has 0 unspecified atom stereocenters. The minimum Gasteiger partial charge on any atom is -0.497 e. The molecule has 2 rings (SSSR count). The van der Waals surface area contributed by atoms with Crippen molar-refractivity contribution in [2.45, 2.75) is 51.1 Å². The van der Waals surface area contributed by atoms with Crippen LogP contribution >= 0.6 is 0 Å². The number of rotatable bonds is 8. The molecule has 0 bridgehead atoms. The van der Waals surface area contributed by atoms with Crippen LogP contribution in [0.2, 0.25) is 0 Å². The third kappa shape index (κ3) is 7.00. The summed E-state index contributed by atoms with van der Waals surface area (Å²) < 4.78 is 10.6. The molecule has 3 N–H and O–H groups in total. The zero-order chi connectivity index (χ0) is 19.5. The Bertz CT molecular complexity index is 628. The van der Waals surface area contributed by atoms with Gasteiger partial charge in [-0.15, -0.1) is 0 Å². The lowest BCUT2D eigenvalue weighted by Gasteiger charge is -2.22. The third-order valence-electron chi connectivity index (χ3n) is 4.78. The van der Waals surface area contributed by atoms with Gasteiger partial charge in [0.1, 0.15) is 11.5 Å². The average molecular weight is 377 g/mol. The highest BCUT2D eigenvalue weighted by Crippen LogP contribution is 2.24. The quantitative estimate of drug-likeness (QED) is 0.479. The second-order valence-corrected chi connectivity index (χ2v) is 6.68. The molecule has 7 nitrogen and oxygen atoms in total. The molecule has 1 aromatic carbocycles. The minimum absolute atomic E-state index is 0.0988. The van der Waals surface area contributed by atoms with Gasteiger partial charge in [0.2, 0.25) is 5.91 Å². The van der Waals surface area contributed by atoms with E-state index in [1.54, 1.807) is 21.3 Å². The van der Waals surface area contributed by atoms with Gasteiger partial charge in [-0.05, 0) is 25.0 Å². The molecule has 1 amide bonds. The van der Waals surface area contributed by atoms with Crippen LogP contribution in [0.4, 0.5) is 0 Å². The van der Waals surface area contributed by atoms with E-state index in [-0.39, 0.29) is 5.91 Å². The zero-order valence-electron chi connectivity index (χ0n) is 16.6. The summed E-state index contributed by atoms with van der Waals surface area (Å²) in [4.78, 5) is 16.3. The summed E-state index contributed by atoms with van der Waals surface area (Å²) in [6.07, 6.45) is 6.36. The topological polar surface area (TPSA) is 84.0 Å². The molecule has 0 aromatic heterocycles. The first-order valence-electron chi connectivity index (χ1n) is 9.61. The number of aliphatic imine (C=N–C) groups is 1. The van der Waals surface area contributed by atoms with E-state index in [1.165, 1.54) is 19.3 Å². The Balaban J connectivity index is 1.73. The van der Waals surface area contributed by atoms with Crippen molar-refractivity contribution in [3.8, 4) is 11.5 Å². The number of methoxy groups -OCH3 is 2. The maximum absolute atomic E-state index is 12.1. The average Bonchev–Trinajstić information content (AvgIpc) is 2.71. The van der Waals surface area contributed by atoms with Crippen LogP contribution in [0.5, 0.6) is 11.5 Å². The van der Waals surface area contributed by atoms with Crippen molar-refractivity contribution in [3.05, 3.63) is 23.8 Å². The van der Waals surface area contributed by atoms with Gasteiger partial charge in [-0.2, -0.15) is 0 Å². The third-order valence-corrected chi connectivity index (χ3v) is 4.78. The lowest BCUT2D eigenvalue weighted by Crippen LogP contribution is -2.41. The number of nitrogens with one attached hydrogen (secondary N) is 3. The summed E-state index contributed by atoms with van der Waals surface area (Å²) in [5.74, 6) is 2.26. The largest absolute Gasteiger partial charge is 0.497 e. The first-order chi connectivity index (χ1) is 13.2. The molecule has 1 aromatic rings. The summed E-state index contributed by atoms with van der Waals surface area (Å²) in [5, 5.41) is 9.55. The normalized spacial score (nSPS) is 15.1. The van der Waals surface area contributed by atoms with Gasteiger partial charge in [0, 0.05) is 44.2 Å². The van der Waals surface area contributed by atoms with Crippen LogP contribution in [0.25, 0.3) is 0 Å². The van der Waals surface area contributed by atoms with Crippen LogP contribution in [0.1, 0.15) is 44.1 Å². The SMILES string of the molecule is CN=C(NCCC(=O)NC1CCCCC1)NCc1ccc(OC)cc1OC. The molecule has 0 radical (unpaired) electrons. The van der Waals surface area contributed by atoms with Crippen LogP contribution < -0.4 is 25.4 Å². The number of amides is 1. The Kier molecular flexibility index (Phi) is 8.74. The van der Waals surface area contributed by atoms with Gasteiger partial charge in [-0.1, -0.05) is 19.3 Å². The van der Waals surface area contributed by atoms with E-state index in [1.807, 2.05) is 18.2 Å². The maximum Gasteiger partial charge on any atom is 0.221 e. The molecule has 27 heavy (non-hydrogen) atoms. The van der Waals surface area contributed by atoms with E-state index in [0.717, 1.165) is 29.9 Å². The molecule has 0 saturated heterocycles. The monoisotopic (exact) mass is 376 g/mol. The Morgan fingerprint density at radius 2 is 1.93 bits per heavy atom. The van der Waals surface area contributed by atoms with Crippen molar-refractivity contribution in [1.29, 1.82) is 0 Å². The smallest absolute Gasteiger partial charge is 0.221 e. The Morgan fingerprint density at radius 3 is 2.59 bits per heavy atom. The number of ether oxygens (including phenoxy) is 2. The van der Waals surface area contributed by atoms with E-state index in [9.17, 15) is 4.79 Å². The predicted octanol–water partition coefficient (Wildman–Crippen LogP) is 2.21. The molecule has 1 fully saturated rings. The highest BCUT2D eigenvalue weighted by Gasteiger charge is 2.15. The van der Waals surface area contributed by atoms with Gasteiger partial charge in [0.15, 0.2) is 5.96 Å². The van der Waals surface area contributed by atoms with E-state index < -0.39 is 0 Å². The Labute approximate surface area is 161 Å². The molecule has 0 atom stereocenters. The van der Waals surface area contributed by atoms with Crippen molar-refractivity contribution in [1.82, 2.24) is 16.0 Å². The molecular formula is C20H32N4O3. The molecule has 150 valence electrons. The van der Waals surface area contributed by atoms with Gasteiger partial charge in [-0.25, -0.2) is 0 Å². The van der Waals surface area contributed by atoms with Crippen LogP contribution in [0.3, 0.4) is 0 Å². The van der Waals surface area contributed by atoms with E-state index >= 15 is 0 Å². The van der Waals surface area contributed by atoms with Crippen LogP contribution in [-0.4, -0.2) is 45.7 Å². The lowest BCUT2D eigenvalue weighted by atomic mass is 9.95. The standard InChI is InChI=1S/C20H32N4O3/c1-21-20(22-12-11-19(25)24-16-7-5-4-6-8-16)23-14-15-9-10-17(26-2)13-18(15)27-3/h9-10,13,16H,4-8,11-12,14H2,1-3H3,(H,24,25)(H2,21,22,23). The Hall–Kier alpha value is -2.44. The van der Waals surface area contributed by atoms with Gasteiger partial charge in [0.05, 0.1) is 14.2 Å². The van der Waals surface area contributed by atoms with E-state index in [4.69, 9.17) is 9.47 Å². The fraction of sp³-hybridized carbons (Fsp3) is 0.600. The fourth-order valence-corrected chi connectivity index (χ4v) is 3.24.